The van der Waals surface area contributed by atoms with E-state index in [0.717, 1.165) is 22.7 Å². The van der Waals surface area contributed by atoms with Gasteiger partial charge in [-0.15, -0.1) is 0 Å². The molecule has 0 saturated carbocycles. The molecule has 0 aliphatic rings. The number of fused-ring (bicyclic) bond motifs is 4. The van der Waals surface area contributed by atoms with Crippen molar-refractivity contribution in [1.82, 2.24) is 4.57 Å². The lowest BCUT2D eigenvalue weighted by Gasteiger charge is -2.26. The van der Waals surface area contributed by atoms with Crippen molar-refractivity contribution in [2.24, 2.45) is 0 Å². The summed E-state index contributed by atoms with van der Waals surface area (Å²) in [7, 11) is 0. The average molecular weight is 689 g/mol. The number of aromatic nitrogens is 1. The van der Waals surface area contributed by atoms with Gasteiger partial charge in [-0.3, -0.25) is 0 Å². The quantitative estimate of drug-likeness (QED) is 0.162. The summed E-state index contributed by atoms with van der Waals surface area (Å²) >= 11 is 0. The predicted octanol–water partition coefficient (Wildman–Crippen LogP) is 14.4. The van der Waals surface area contributed by atoms with E-state index < -0.39 is 0 Å². The van der Waals surface area contributed by atoms with E-state index in [4.69, 9.17) is 0 Å². The third kappa shape index (κ3) is 5.53. The van der Waals surface area contributed by atoms with Crippen molar-refractivity contribution >= 4 is 49.6 Å². The van der Waals surface area contributed by atoms with Crippen LogP contribution in [-0.4, -0.2) is 4.57 Å². The van der Waals surface area contributed by atoms with Gasteiger partial charge in [0.15, 0.2) is 0 Å². The number of benzene rings is 9. The summed E-state index contributed by atoms with van der Waals surface area (Å²) in [6.07, 6.45) is 0. The first-order valence-corrected chi connectivity index (χ1v) is 18.5. The number of hydrogen-bond donors (Lipinski definition) is 0. The molecule has 9 aromatic carbocycles. The Balaban J connectivity index is 1.14. The first kappa shape index (κ1) is 31.6. The summed E-state index contributed by atoms with van der Waals surface area (Å²) < 4.78 is 2.46. The lowest BCUT2D eigenvalue weighted by atomic mass is 9.94. The highest BCUT2D eigenvalue weighted by Crippen LogP contribution is 2.44. The minimum atomic E-state index is 1.10. The van der Waals surface area contributed by atoms with Crippen LogP contribution in [0.2, 0.25) is 0 Å². The molecule has 0 N–H and O–H groups in total. The van der Waals surface area contributed by atoms with Gasteiger partial charge >= 0.3 is 0 Å². The van der Waals surface area contributed by atoms with Gasteiger partial charge in [0.2, 0.25) is 0 Å². The van der Waals surface area contributed by atoms with Gasteiger partial charge in [-0.2, -0.15) is 0 Å². The van der Waals surface area contributed by atoms with Gasteiger partial charge in [0.05, 0.1) is 11.0 Å². The molecule has 2 nitrogen and oxygen atoms in total. The van der Waals surface area contributed by atoms with Crippen molar-refractivity contribution in [3.05, 3.63) is 218 Å². The standard InChI is InChI=1S/C52H36N2/c1-4-14-37(15-5-1)39-24-30-44(31-25-39)53(43-19-8-3-9-20-43)45-34-28-41(29-35-45)51-47-21-11-10-18-42(47)36-49-48-22-12-13-23-50(48)54(52(49)51)46-32-26-40(27-33-46)38-16-6-2-7-17-38/h1-36H. The van der Waals surface area contributed by atoms with E-state index >= 15 is 0 Å². The minimum Gasteiger partial charge on any atom is -0.311 e. The van der Waals surface area contributed by atoms with Crippen LogP contribution < -0.4 is 4.90 Å². The summed E-state index contributed by atoms with van der Waals surface area (Å²) in [5.41, 5.74) is 14.1. The fourth-order valence-electron chi connectivity index (χ4n) is 8.02. The fraction of sp³-hybridized carbons (Fsp3) is 0. The summed E-state index contributed by atoms with van der Waals surface area (Å²) in [6.45, 7) is 0. The van der Waals surface area contributed by atoms with Crippen molar-refractivity contribution in [2.75, 3.05) is 4.90 Å². The molecule has 1 aromatic heterocycles. The largest absolute Gasteiger partial charge is 0.311 e. The summed E-state index contributed by atoms with van der Waals surface area (Å²) in [5, 5.41) is 4.97. The molecular formula is C52H36N2. The second-order valence-electron chi connectivity index (χ2n) is 13.8. The van der Waals surface area contributed by atoms with Gasteiger partial charge in [0, 0.05) is 39.1 Å². The number of nitrogens with zero attached hydrogens (tertiary/aromatic N) is 2. The van der Waals surface area contributed by atoms with Crippen LogP contribution >= 0.6 is 0 Å². The molecule has 0 bridgehead atoms. The molecule has 0 fully saturated rings. The van der Waals surface area contributed by atoms with Crippen molar-refractivity contribution in [3.63, 3.8) is 0 Å². The lowest BCUT2D eigenvalue weighted by molar-refractivity contribution is 1.18. The third-order valence-electron chi connectivity index (χ3n) is 10.6. The minimum absolute atomic E-state index is 1.10. The van der Waals surface area contributed by atoms with Crippen LogP contribution in [0.3, 0.4) is 0 Å². The van der Waals surface area contributed by atoms with E-state index in [1.54, 1.807) is 0 Å². The molecule has 0 amide bonds. The SMILES string of the molecule is c1ccc(-c2ccc(N(c3ccccc3)c3ccc(-c4c5ccccc5cc5c6ccccc6n(-c6ccc(-c7ccccc7)cc6)c45)cc3)cc2)cc1. The van der Waals surface area contributed by atoms with Gasteiger partial charge in [-0.1, -0.05) is 158 Å². The molecule has 0 aliphatic heterocycles. The van der Waals surface area contributed by atoms with Crippen LogP contribution in [0, 0.1) is 0 Å². The first-order chi connectivity index (χ1) is 26.8. The zero-order chi connectivity index (χ0) is 35.8. The molecule has 10 rings (SSSR count). The predicted molar refractivity (Wildman–Crippen MR) is 229 cm³/mol. The van der Waals surface area contributed by atoms with E-state index in [0.29, 0.717) is 0 Å². The Hall–Kier alpha value is -7.16. The van der Waals surface area contributed by atoms with E-state index in [9.17, 15) is 0 Å². The Kier molecular flexibility index (Phi) is 7.85. The molecule has 54 heavy (non-hydrogen) atoms. The molecule has 0 aliphatic carbocycles. The van der Waals surface area contributed by atoms with Crippen molar-refractivity contribution in [1.29, 1.82) is 0 Å². The van der Waals surface area contributed by atoms with Crippen molar-refractivity contribution in [3.8, 4) is 39.1 Å². The van der Waals surface area contributed by atoms with E-state index in [-0.39, 0.29) is 0 Å². The number of hydrogen-bond acceptors (Lipinski definition) is 1. The summed E-state index contributed by atoms with van der Waals surface area (Å²) in [4.78, 5) is 2.34. The van der Waals surface area contributed by atoms with Gasteiger partial charge < -0.3 is 9.47 Å². The van der Waals surface area contributed by atoms with Crippen LogP contribution in [0.15, 0.2) is 218 Å². The fourth-order valence-corrected chi connectivity index (χ4v) is 8.02. The Labute approximate surface area is 315 Å². The third-order valence-corrected chi connectivity index (χ3v) is 10.6. The maximum Gasteiger partial charge on any atom is 0.0625 e. The number of para-hydroxylation sites is 2. The van der Waals surface area contributed by atoms with Crippen molar-refractivity contribution in [2.45, 2.75) is 0 Å². The summed E-state index contributed by atoms with van der Waals surface area (Å²) in [6, 6.07) is 78.8. The molecule has 1 heterocycles. The Morgan fingerprint density at radius 3 is 1.37 bits per heavy atom. The number of rotatable bonds is 7. The van der Waals surface area contributed by atoms with E-state index in [2.05, 4.69) is 228 Å². The maximum atomic E-state index is 2.46. The second-order valence-corrected chi connectivity index (χ2v) is 13.8. The zero-order valence-corrected chi connectivity index (χ0v) is 29.7. The molecular weight excluding hydrogens is 653 g/mol. The molecule has 0 saturated heterocycles. The maximum absolute atomic E-state index is 2.46. The topological polar surface area (TPSA) is 8.17 Å². The molecule has 254 valence electrons. The summed E-state index contributed by atoms with van der Waals surface area (Å²) in [5.74, 6) is 0. The molecule has 0 radical (unpaired) electrons. The highest BCUT2D eigenvalue weighted by atomic mass is 15.1. The normalized spacial score (nSPS) is 11.3. The second kappa shape index (κ2) is 13.4. The van der Waals surface area contributed by atoms with Crippen LogP contribution in [0.25, 0.3) is 71.6 Å². The van der Waals surface area contributed by atoms with Crippen LogP contribution in [-0.2, 0) is 0 Å². The molecule has 0 unspecified atom stereocenters. The van der Waals surface area contributed by atoms with Crippen LogP contribution in [0.5, 0.6) is 0 Å². The first-order valence-electron chi connectivity index (χ1n) is 18.5. The lowest BCUT2D eigenvalue weighted by Crippen LogP contribution is -2.09. The Morgan fingerprint density at radius 2 is 0.759 bits per heavy atom. The zero-order valence-electron chi connectivity index (χ0n) is 29.7. The monoisotopic (exact) mass is 688 g/mol. The van der Waals surface area contributed by atoms with Gasteiger partial charge in [-0.25, -0.2) is 0 Å². The molecule has 10 aromatic rings. The van der Waals surface area contributed by atoms with Gasteiger partial charge in [0.25, 0.3) is 0 Å². The Morgan fingerprint density at radius 1 is 0.315 bits per heavy atom. The van der Waals surface area contributed by atoms with Crippen LogP contribution in [0.4, 0.5) is 17.1 Å². The van der Waals surface area contributed by atoms with E-state index in [1.165, 1.54) is 66.0 Å². The smallest absolute Gasteiger partial charge is 0.0625 e. The number of anilines is 3. The van der Waals surface area contributed by atoms with Crippen LogP contribution in [0.1, 0.15) is 0 Å². The highest BCUT2D eigenvalue weighted by Gasteiger charge is 2.20. The average Bonchev–Trinajstić information content (AvgIpc) is 3.58. The van der Waals surface area contributed by atoms with E-state index in [1.807, 2.05) is 0 Å². The molecule has 0 atom stereocenters. The van der Waals surface area contributed by atoms with Crippen molar-refractivity contribution < 1.29 is 0 Å². The van der Waals surface area contributed by atoms with Gasteiger partial charge in [0.1, 0.15) is 0 Å². The Bertz CT molecular complexity index is 2870. The highest BCUT2D eigenvalue weighted by molar-refractivity contribution is 6.21. The van der Waals surface area contributed by atoms with Gasteiger partial charge in [-0.05, 0) is 99.3 Å². The molecule has 0 spiro atoms. The molecule has 2 heteroatoms.